The van der Waals surface area contributed by atoms with E-state index in [1.165, 1.54) is 0 Å². The Morgan fingerprint density at radius 1 is 0.731 bits per heavy atom. The first-order valence-electron chi connectivity index (χ1n) is 10.3. The van der Waals surface area contributed by atoms with Gasteiger partial charge in [-0.05, 0) is 46.6 Å². The van der Waals surface area contributed by atoms with Gasteiger partial charge in [0.2, 0.25) is 11.9 Å². The van der Waals surface area contributed by atoms with Crippen LogP contribution in [0.5, 0.6) is 0 Å². The molecular formula is C20H34N6. The van der Waals surface area contributed by atoms with Crippen molar-refractivity contribution >= 4 is 11.9 Å². The highest BCUT2D eigenvalue weighted by Crippen LogP contribution is 2.24. The summed E-state index contributed by atoms with van der Waals surface area (Å²) in [6, 6.07) is 0. The van der Waals surface area contributed by atoms with E-state index in [4.69, 9.17) is 9.98 Å². The molecule has 2 heterocycles. The Labute approximate surface area is 158 Å². The quantitative estimate of drug-likeness (QED) is 0.731. The zero-order valence-electron chi connectivity index (χ0n) is 16.9. The topological polar surface area (TPSA) is 37.7 Å². The van der Waals surface area contributed by atoms with E-state index in [2.05, 4.69) is 59.4 Å². The molecule has 3 rings (SSSR count). The standard InChI is InChI=1S/C20H34N6/c1-5-23-13-14-24(6-2)19(23)21-17-11-9-10-12-18(17)22-20-25(7-3)15-16-26(20)8-4/h9,11H,5-8,10,12-16H2,1-4H3. The summed E-state index contributed by atoms with van der Waals surface area (Å²) in [5.41, 5.74) is 2.17. The number of allylic oxidation sites excluding steroid dienone is 3. The fraction of sp³-hybridized carbons (Fsp3) is 0.700. The minimum Gasteiger partial charge on any atom is -0.341 e. The lowest BCUT2D eigenvalue weighted by atomic mass is 10.1. The summed E-state index contributed by atoms with van der Waals surface area (Å²) in [7, 11) is 0. The summed E-state index contributed by atoms with van der Waals surface area (Å²) in [6.07, 6.45) is 6.42. The Hall–Kier alpha value is -1.98. The number of aliphatic imine (C=N–C) groups is 2. The molecule has 1 aliphatic carbocycles. The van der Waals surface area contributed by atoms with Crippen LogP contribution >= 0.6 is 0 Å². The van der Waals surface area contributed by atoms with Crippen molar-refractivity contribution in [3.8, 4) is 0 Å². The molecule has 0 bridgehead atoms. The molecule has 0 aromatic carbocycles. The van der Waals surface area contributed by atoms with Gasteiger partial charge in [0, 0.05) is 52.4 Å². The van der Waals surface area contributed by atoms with Gasteiger partial charge in [-0.3, -0.25) is 0 Å². The first-order chi connectivity index (χ1) is 12.7. The summed E-state index contributed by atoms with van der Waals surface area (Å²) in [6.45, 7) is 17.1. The van der Waals surface area contributed by atoms with Crippen molar-refractivity contribution in [3.63, 3.8) is 0 Å². The van der Waals surface area contributed by atoms with Crippen LogP contribution in [0.15, 0.2) is 33.5 Å². The Morgan fingerprint density at radius 2 is 1.19 bits per heavy atom. The van der Waals surface area contributed by atoms with E-state index in [1.807, 2.05) is 0 Å². The lowest BCUT2D eigenvalue weighted by Gasteiger charge is -2.23. The highest BCUT2D eigenvalue weighted by Gasteiger charge is 2.27. The monoisotopic (exact) mass is 358 g/mol. The van der Waals surface area contributed by atoms with Crippen LogP contribution in [-0.2, 0) is 0 Å². The number of nitrogens with zero attached hydrogens (tertiary/aromatic N) is 6. The van der Waals surface area contributed by atoms with Crippen molar-refractivity contribution in [2.45, 2.75) is 40.5 Å². The van der Waals surface area contributed by atoms with E-state index in [0.29, 0.717) is 0 Å². The zero-order chi connectivity index (χ0) is 18.5. The van der Waals surface area contributed by atoms with Crippen LogP contribution < -0.4 is 0 Å². The van der Waals surface area contributed by atoms with Gasteiger partial charge in [0.15, 0.2) is 0 Å². The van der Waals surface area contributed by atoms with Gasteiger partial charge >= 0.3 is 0 Å². The molecule has 26 heavy (non-hydrogen) atoms. The molecular weight excluding hydrogens is 324 g/mol. The normalized spacial score (nSPS) is 20.8. The second-order valence-corrected chi connectivity index (χ2v) is 6.92. The second kappa shape index (κ2) is 8.60. The van der Waals surface area contributed by atoms with Gasteiger partial charge in [-0.2, -0.15) is 0 Å². The van der Waals surface area contributed by atoms with Gasteiger partial charge < -0.3 is 19.6 Å². The lowest BCUT2D eigenvalue weighted by Crippen LogP contribution is -2.34. The minimum absolute atomic E-state index is 0.972. The van der Waals surface area contributed by atoms with E-state index in [1.54, 1.807) is 0 Å². The predicted octanol–water partition coefficient (Wildman–Crippen LogP) is 2.57. The van der Waals surface area contributed by atoms with Crippen LogP contribution in [-0.4, -0.2) is 83.9 Å². The van der Waals surface area contributed by atoms with Gasteiger partial charge in [0.05, 0.1) is 11.4 Å². The van der Waals surface area contributed by atoms with Crippen molar-refractivity contribution < 1.29 is 0 Å². The Balaban J connectivity index is 1.97. The van der Waals surface area contributed by atoms with Crippen molar-refractivity contribution in [1.29, 1.82) is 0 Å². The highest BCUT2D eigenvalue weighted by molar-refractivity contribution is 5.84. The number of rotatable bonds is 6. The van der Waals surface area contributed by atoms with Gasteiger partial charge in [-0.25, -0.2) is 9.98 Å². The molecule has 2 aliphatic heterocycles. The molecule has 0 amide bonds. The second-order valence-electron chi connectivity index (χ2n) is 6.92. The summed E-state index contributed by atoms with van der Waals surface area (Å²) in [5.74, 6) is 2.24. The Morgan fingerprint density at radius 3 is 1.65 bits per heavy atom. The molecule has 0 saturated carbocycles. The van der Waals surface area contributed by atoms with E-state index in [0.717, 1.165) is 88.5 Å². The fourth-order valence-electron chi connectivity index (χ4n) is 3.85. The average Bonchev–Trinajstić information content (AvgIpc) is 3.26. The Kier molecular flexibility index (Phi) is 6.22. The van der Waals surface area contributed by atoms with Crippen LogP contribution in [0.1, 0.15) is 40.5 Å². The number of likely N-dealkylation sites (N-methyl/N-ethyl adjacent to an activating group) is 4. The third kappa shape index (κ3) is 3.74. The van der Waals surface area contributed by atoms with E-state index >= 15 is 0 Å². The van der Waals surface area contributed by atoms with E-state index in [-0.39, 0.29) is 0 Å². The molecule has 0 atom stereocenters. The van der Waals surface area contributed by atoms with Crippen LogP contribution in [0.4, 0.5) is 0 Å². The van der Waals surface area contributed by atoms with Crippen LogP contribution in [0.25, 0.3) is 0 Å². The van der Waals surface area contributed by atoms with Crippen molar-refractivity contribution in [2.24, 2.45) is 9.98 Å². The number of hydrogen-bond acceptors (Lipinski definition) is 2. The molecule has 0 N–H and O–H groups in total. The largest absolute Gasteiger partial charge is 0.341 e. The van der Waals surface area contributed by atoms with Crippen molar-refractivity contribution in [1.82, 2.24) is 19.6 Å². The van der Waals surface area contributed by atoms with Gasteiger partial charge in [-0.1, -0.05) is 6.08 Å². The third-order valence-electron chi connectivity index (χ3n) is 5.51. The zero-order valence-corrected chi connectivity index (χ0v) is 16.9. The first-order valence-corrected chi connectivity index (χ1v) is 10.3. The maximum Gasteiger partial charge on any atom is 0.201 e. The molecule has 0 aromatic rings. The molecule has 6 nitrogen and oxygen atoms in total. The molecule has 2 saturated heterocycles. The summed E-state index contributed by atoms with van der Waals surface area (Å²) >= 11 is 0. The van der Waals surface area contributed by atoms with Gasteiger partial charge in [-0.15, -0.1) is 0 Å². The van der Waals surface area contributed by atoms with Crippen LogP contribution in [0.3, 0.4) is 0 Å². The highest BCUT2D eigenvalue weighted by atomic mass is 15.4. The lowest BCUT2D eigenvalue weighted by molar-refractivity contribution is 0.486. The van der Waals surface area contributed by atoms with E-state index < -0.39 is 0 Å². The molecule has 144 valence electrons. The molecule has 0 spiro atoms. The average molecular weight is 359 g/mol. The maximum absolute atomic E-state index is 5.12. The molecule has 0 aromatic heterocycles. The van der Waals surface area contributed by atoms with Crippen LogP contribution in [0.2, 0.25) is 0 Å². The number of guanidine groups is 2. The molecule has 6 heteroatoms. The minimum atomic E-state index is 0.972. The molecule has 0 unspecified atom stereocenters. The molecule has 3 aliphatic rings. The Bertz CT molecular complexity index is 590. The summed E-state index contributed by atoms with van der Waals surface area (Å²) in [4.78, 5) is 19.7. The molecule has 0 radical (unpaired) electrons. The smallest absolute Gasteiger partial charge is 0.201 e. The fourth-order valence-corrected chi connectivity index (χ4v) is 3.85. The first kappa shape index (κ1) is 18.8. The van der Waals surface area contributed by atoms with Gasteiger partial charge in [0.25, 0.3) is 0 Å². The molecule has 2 fully saturated rings. The number of hydrogen-bond donors (Lipinski definition) is 0. The summed E-state index contributed by atoms with van der Waals surface area (Å²) < 4.78 is 0. The van der Waals surface area contributed by atoms with Crippen molar-refractivity contribution in [3.05, 3.63) is 23.5 Å². The van der Waals surface area contributed by atoms with E-state index in [9.17, 15) is 0 Å². The maximum atomic E-state index is 5.12. The van der Waals surface area contributed by atoms with Crippen LogP contribution in [0, 0.1) is 0 Å². The SMILES string of the molecule is CCN1CCN(CC)C1=NC1=C(N=C2N(CC)CCN2CC)CCC=C1. The third-order valence-corrected chi connectivity index (χ3v) is 5.51. The predicted molar refractivity (Wildman–Crippen MR) is 109 cm³/mol. The summed E-state index contributed by atoms with van der Waals surface area (Å²) in [5, 5.41) is 0. The van der Waals surface area contributed by atoms with Gasteiger partial charge in [0.1, 0.15) is 0 Å². The van der Waals surface area contributed by atoms with Crippen molar-refractivity contribution in [2.75, 3.05) is 52.4 Å².